The number of benzene rings is 2. The fourth-order valence-electron chi connectivity index (χ4n) is 5.48. The molecule has 2 fully saturated rings. The standard InChI is InChI=1S/C30H40BN3O5/c1-18(21-10-12-24(36-9)13-11-21)34-17-22(14-27(34)35)20(3)37-26-16-23(15-25-28(26)19(2)33(8)32-25)31-38-29(4,5)30(6,7)39-31/h10-13,15-16,18,20,22H,14,17H2,1-9H3/t18-,20+,22?/m0/s1. The summed E-state index contributed by atoms with van der Waals surface area (Å²) in [5.74, 6) is 1.75. The fourth-order valence-corrected chi connectivity index (χ4v) is 5.48. The van der Waals surface area contributed by atoms with E-state index in [1.54, 1.807) is 7.11 Å². The zero-order valence-corrected chi connectivity index (χ0v) is 24.6. The third kappa shape index (κ3) is 4.91. The smallest absolute Gasteiger partial charge is 0.495 e. The van der Waals surface area contributed by atoms with Gasteiger partial charge in [0.15, 0.2) is 0 Å². The lowest BCUT2D eigenvalue weighted by molar-refractivity contribution is -0.129. The lowest BCUT2D eigenvalue weighted by atomic mass is 9.78. The SMILES string of the molecule is COc1ccc([C@H](C)N2CC([C@@H](C)Oc3cc(B4OC(C)(C)C(C)(C)O4)cc4nn(C)c(C)c34)CC2=O)cc1. The minimum absolute atomic E-state index is 0.0282. The predicted molar refractivity (Wildman–Crippen MR) is 152 cm³/mol. The van der Waals surface area contributed by atoms with Crippen LogP contribution in [0.3, 0.4) is 0 Å². The van der Waals surface area contributed by atoms with Crippen LogP contribution in [0, 0.1) is 12.8 Å². The van der Waals surface area contributed by atoms with Crippen molar-refractivity contribution >= 4 is 29.4 Å². The number of ether oxygens (including phenoxy) is 2. The van der Waals surface area contributed by atoms with Crippen LogP contribution in [0.4, 0.5) is 0 Å². The quantitative estimate of drug-likeness (QED) is 0.415. The number of methoxy groups -OCH3 is 1. The predicted octanol–water partition coefficient (Wildman–Crippen LogP) is 4.57. The molecule has 0 saturated carbocycles. The summed E-state index contributed by atoms with van der Waals surface area (Å²) < 4.78 is 26.5. The van der Waals surface area contributed by atoms with Crippen molar-refractivity contribution in [2.45, 2.75) is 78.2 Å². The molecule has 2 aromatic carbocycles. The number of carbonyl (C=O) groups is 1. The molecule has 2 saturated heterocycles. The van der Waals surface area contributed by atoms with Crippen LogP contribution in [0.2, 0.25) is 0 Å². The van der Waals surface area contributed by atoms with Crippen molar-refractivity contribution in [3.8, 4) is 11.5 Å². The second-order valence-electron chi connectivity index (χ2n) is 12.0. The summed E-state index contributed by atoms with van der Waals surface area (Å²) in [6.45, 7) is 15.0. The number of nitrogens with zero attached hydrogens (tertiary/aromatic N) is 3. The molecule has 0 aliphatic carbocycles. The van der Waals surface area contributed by atoms with Gasteiger partial charge in [0, 0.05) is 31.6 Å². The van der Waals surface area contributed by atoms with Gasteiger partial charge in [-0.05, 0) is 83.8 Å². The Bertz CT molecular complexity index is 1370. The maximum atomic E-state index is 13.1. The van der Waals surface area contributed by atoms with Crippen LogP contribution in [0.15, 0.2) is 36.4 Å². The van der Waals surface area contributed by atoms with Gasteiger partial charge in [0.1, 0.15) is 17.6 Å². The fraction of sp³-hybridized carbons (Fsp3) is 0.533. The third-order valence-electron chi connectivity index (χ3n) is 8.96. The Hall–Kier alpha value is -3.04. The Morgan fingerprint density at radius 3 is 2.33 bits per heavy atom. The average molecular weight is 533 g/mol. The molecular formula is C30H40BN3O5. The van der Waals surface area contributed by atoms with E-state index in [0.717, 1.165) is 39.1 Å². The Morgan fingerprint density at radius 2 is 1.72 bits per heavy atom. The molecule has 1 unspecified atom stereocenters. The van der Waals surface area contributed by atoms with E-state index >= 15 is 0 Å². The summed E-state index contributed by atoms with van der Waals surface area (Å²) in [5, 5.41) is 5.70. The molecule has 1 aromatic heterocycles. The van der Waals surface area contributed by atoms with Crippen molar-refractivity contribution in [3.63, 3.8) is 0 Å². The molecule has 39 heavy (non-hydrogen) atoms. The summed E-state index contributed by atoms with van der Waals surface area (Å²) in [5.41, 5.74) is 2.91. The average Bonchev–Trinajstić information content (AvgIpc) is 3.48. The van der Waals surface area contributed by atoms with E-state index in [0.29, 0.717) is 13.0 Å². The number of amides is 1. The molecule has 3 atom stereocenters. The van der Waals surface area contributed by atoms with E-state index in [1.807, 2.05) is 87.6 Å². The van der Waals surface area contributed by atoms with Gasteiger partial charge in [0.05, 0.1) is 35.3 Å². The summed E-state index contributed by atoms with van der Waals surface area (Å²) in [6, 6.07) is 11.9. The van der Waals surface area contributed by atoms with Gasteiger partial charge in [-0.15, -0.1) is 0 Å². The number of likely N-dealkylation sites (tertiary alicyclic amines) is 1. The van der Waals surface area contributed by atoms with Crippen molar-refractivity contribution in [1.82, 2.24) is 14.7 Å². The zero-order valence-electron chi connectivity index (χ0n) is 24.6. The van der Waals surface area contributed by atoms with Crippen molar-refractivity contribution < 1.29 is 23.6 Å². The van der Waals surface area contributed by atoms with Gasteiger partial charge in [-0.3, -0.25) is 9.48 Å². The molecule has 9 heteroatoms. The van der Waals surface area contributed by atoms with Crippen LogP contribution in [-0.4, -0.2) is 58.7 Å². The summed E-state index contributed by atoms with van der Waals surface area (Å²) in [6.07, 6.45) is 0.270. The summed E-state index contributed by atoms with van der Waals surface area (Å²) in [7, 11) is 3.07. The second kappa shape index (κ2) is 9.86. The molecular weight excluding hydrogens is 493 g/mol. The minimum Gasteiger partial charge on any atom is -0.497 e. The molecule has 2 aliphatic rings. The molecule has 2 aliphatic heterocycles. The first-order valence-corrected chi connectivity index (χ1v) is 13.7. The summed E-state index contributed by atoms with van der Waals surface area (Å²) >= 11 is 0. The lowest BCUT2D eigenvalue weighted by Gasteiger charge is -2.32. The van der Waals surface area contributed by atoms with Gasteiger partial charge >= 0.3 is 7.12 Å². The van der Waals surface area contributed by atoms with E-state index in [4.69, 9.17) is 23.9 Å². The summed E-state index contributed by atoms with van der Waals surface area (Å²) in [4.78, 5) is 15.1. The van der Waals surface area contributed by atoms with Gasteiger partial charge in [0.2, 0.25) is 5.91 Å². The number of hydrogen-bond acceptors (Lipinski definition) is 6. The first kappa shape index (κ1) is 27.5. The maximum Gasteiger partial charge on any atom is 0.495 e. The van der Waals surface area contributed by atoms with Crippen LogP contribution < -0.4 is 14.9 Å². The largest absolute Gasteiger partial charge is 0.497 e. The molecule has 0 bridgehead atoms. The normalized spacial score (nSPS) is 22.0. The Labute approximate surface area is 231 Å². The van der Waals surface area contributed by atoms with E-state index in [2.05, 4.69) is 13.8 Å². The topological polar surface area (TPSA) is 75.1 Å². The van der Waals surface area contributed by atoms with Gasteiger partial charge in [-0.25, -0.2) is 0 Å². The van der Waals surface area contributed by atoms with Crippen LogP contribution in [-0.2, 0) is 21.2 Å². The number of aromatic nitrogens is 2. The molecule has 0 radical (unpaired) electrons. The highest BCUT2D eigenvalue weighted by molar-refractivity contribution is 6.62. The van der Waals surface area contributed by atoms with Crippen molar-refractivity contribution in [1.29, 1.82) is 0 Å². The van der Waals surface area contributed by atoms with Crippen LogP contribution in [0.1, 0.15) is 65.3 Å². The highest BCUT2D eigenvalue weighted by Crippen LogP contribution is 2.38. The van der Waals surface area contributed by atoms with E-state index in [1.165, 1.54) is 0 Å². The number of rotatable bonds is 7. The highest BCUT2D eigenvalue weighted by Gasteiger charge is 2.52. The number of hydrogen-bond donors (Lipinski definition) is 0. The Balaban J connectivity index is 1.38. The molecule has 3 aromatic rings. The Kier molecular flexibility index (Phi) is 6.96. The third-order valence-corrected chi connectivity index (χ3v) is 8.96. The Morgan fingerprint density at radius 1 is 1.08 bits per heavy atom. The number of fused-ring (bicyclic) bond motifs is 1. The molecule has 8 nitrogen and oxygen atoms in total. The molecule has 0 spiro atoms. The monoisotopic (exact) mass is 533 g/mol. The molecule has 208 valence electrons. The maximum absolute atomic E-state index is 13.1. The van der Waals surface area contributed by atoms with Gasteiger partial charge in [-0.2, -0.15) is 5.10 Å². The number of aryl methyl sites for hydroxylation is 2. The zero-order chi connectivity index (χ0) is 28.3. The molecule has 5 rings (SSSR count). The molecule has 1 amide bonds. The minimum atomic E-state index is -0.520. The second-order valence-corrected chi connectivity index (χ2v) is 12.0. The lowest BCUT2D eigenvalue weighted by Crippen LogP contribution is -2.41. The van der Waals surface area contributed by atoms with Gasteiger partial charge < -0.3 is 23.7 Å². The van der Waals surface area contributed by atoms with E-state index in [-0.39, 0.29) is 24.0 Å². The highest BCUT2D eigenvalue weighted by atomic mass is 16.7. The van der Waals surface area contributed by atoms with Gasteiger partial charge in [-0.1, -0.05) is 12.1 Å². The van der Waals surface area contributed by atoms with Crippen LogP contribution in [0.5, 0.6) is 11.5 Å². The van der Waals surface area contributed by atoms with Crippen molar-refractivity contribution in [2.75, 3.05) is 13.7 Å². The van der Waals surface area contributed by atoms with Crippen LogP contribution >= 0.6 is 0 Å². The van der Waals surface area contributed by atoms with Crippen LogP contribution in [0.25, 0.3) is 10.9 Å². The van der Waals surface area contributed by atoms with E-state index < -0.39 is 18.3 Å². The van der Waals surface area contributed by atoms with Crippen molar-refractivity contribution in [3.05, 3.63) is 47.7 Å². The van der Waals surface area contributed by atoms with E-state index in [9.17, 15) is 4.79 Å². The van der Waals surface area contributed by atoms with Crippen molar-refractivity contribution in [2.24, 2.45) is 13.0 Å². The first-order valence-electron chi connectivity index (χ1n) is 13.7. The first-order chi connectivity index (χ1) is 18.3. The molecule has 3 heterocycles. The molecule has 0 N–H and O–H groups in total. The van der Waals surface area contributed by atoms with Gasteiger partial charge in [0.25, 0.3) is 0 Å². The number of carbonyl (C=O) groups excluding carboxylic acids is 1.